The molecule has 0 aromatic heterocycles. The summed E-state index contributed by atoms with van der Waals surface area (Å²) in [5.41, 5.74) is 5.38. The van der Waals surface area contributed by atoms with E-state index in [1.165, 1.54) is 31.7 Å². The molecule has 0 aliphatic carbocycles. The topological polar surface area (TPSA) is 29.3 Å². The minimum Gasteiger partial charge on any atom is -0.330 e. The lowest BCUT2D eigenvalue weighted by Gasteiger charge is -2.11. The van der Waals surface area contributed by atoms with Crippen molar-refractivity contribution in [2.45, 2.75) is 19.3 Å². The molecule has 1 rings (SSSR count). The summed E-state index contributed by atoms with van der Waals surface area (Å²) in [6, 6.07) is 0. The number of nitrogens with two attached hydrogens (primary N) is 1. The van der Waals surface area contributed by atoms with E-state index in [2.05, 4.69) is 4.31 Å². The first-order valence-electron chi connectivity index (χ1n) is 4.01. The van der Waals surface area contributed by atoms with Gasteiger partial charge in [-0.15, -0.1) is 0 Å². The third-order valence-corrected chi connectivity index (χ3v) is 2.89. The van der Waals surface area contributed by atoms with Crippen molar-refractivity contribution >= 4 is 11.9 Å². The molecule has 0 spiro atoms. The fourth-order valence-corrected chi connectivity index (χ4v) is 2.16. The molecule has 60 valence electrons. The zero-order valence-electron chi connectivity index (χ0n) is 6.38. The summed E-state index contributed by atoms with van der Waals surface area (Å²) in [7, 11) is 0. The summed E-state index contributed by atoms with van der Waals surface area (Å²) in [6.07, 6.45) is 3.92. The van der Waals surface area contributed by atoms with Crippen molar-refractivity contribution in [3.8, 4) is 0 Å². The largest absolute Gasteiger partial charge is 0.330 e. The highest BCUT2D eigenvalue weighted by Gasteiger charge is 2.10. The molecule has 1 heterocycles. The molecule has 10 heavy (non-hydrogen) atoms. The summed E-state index contributed by atoms with van der Waals surface area (Å²) in [5.74, 6) is 1.20. The van der Waals surface area contributed by atoms with Crippen LogP contribution in [0.15, 0.2) is 0 Å². The first-order chi connectivity index (χ1) is 4.93. The molecule has 0 unspecified atom stereocenters. The third kappa shape index (κ3) is 2.90. The second kappa shape index (κ2) is 4.99. The van der Waals surface area contributed by atoms with Gasteiger partial charge in [0.15, 0.2) is 0 Å². The molecule has 0 aromatic carbocycles. The molecule has 0 aromatic rings. The smallest absolute Gasteiger partial charge is 0.00928 e. The molecule has 2 nitrogen and oxygen atoms in total. The van der Waals surface area contributed by atoms with Crippen LogP contribution in [0.1, 0.15) is 19.3 Å². The number of rotatable bonds is 4. The van der Waals surface area contributed by atoms with E-state index in [4.69, 9.17) is 5.73 Å². The van der Waals surface area contributed by atoms with Crippen molar-refractivity contribution in [2.24, 2.45) is 5.73 Å². The van der Waals surface area contributed by atoms with Crippen LogP contribution in [-0.2, 0) is 0 Å². The van der Waals surface area contributed by atoms with E-state index in [9.17, 15) is 0 Å². The average molecular weight is 160 g/mol. The van der Waals surface area contributed by atoms with Crippen LogP contribution in [0.2, 0.25) is 0 Å². The normalized spacial score (nSPS) is 20.1. The fourth-order valence-electron chi connectivity index (χ4n) is 1.09. The molecule has 1 fully saturated rings. The minimum atomic E-state index is 0.834. The Hall–Kier alpha value is 0.270. The number of nitrogens with zero attached hydrogens (tertiary/aromatic N) is 1. The van der Waals surface area contributed by atoms with Crippen LogP contribution < -0.4 is 5.73 Å². The summed E-state index contributed by atoms with van der Waals surface area (Å²) in [6.45, 7) is 3.41. The van der Waals surface area contributed by atoms with Crippen LogP contribution in [0.25, 0.3) is 0 Å². The standard InChI is InChI=1S/C7H16N2S/c8-4-3-7-10-9-5-1-2-6-9/h1-8H2. The van der Waals surface area contributed by atoms with Crippen LogP contribution in [0, 0.1) is 0 Å². The van der Waals surface area contributed by atoms with E-state index in [0.29, 0.717) is 0 Å². The van der Waals surface area contributed by atoms with Crippen molar-refractivity contribution in [1.29, 1.82) is 0 Å². The molecule has 3 heteroatoms. The van der Waals surface area contributed by atoms with Crippen LogP contribution in [0.4, 0.5) is 0 Å². The van der Waals surface area contributed by atoms with Crippen molar-refractivity contribution < 1.29 is 0 Å². The molecule has 0 bridgehead atoms. The molecular weight excluding hydrogens is 144 g/mol. The van der Waals surface area contributed by atoms with Crippen LogP contribution in [0.3, 0.4) is 0 Å². The molecule has 2 N–H and O–H groups in total. The lowest BCUT2D eigenvalue weighted by Crippen LogP contribution is -2.11. The zero-order chi connectivity index (χ0) is 7.23. The Morgan fingerprint density at radius 3 is 2.60 bits per heavy atom. The van der Waals surface area contributed by atoms with Gasteiger partial charge in [0.2, 0.25) is 0 Å². The van der Waals surface area contributed by atoms with Crippen LogP contribution in [-0.4, -0.2) is 29.7 Å². The van der Waals surface area contributed by atoms with Gasteiger partial charge in [0.1, 0.15) is 0 Å². The molecular formula is C7H16N2S. The maximum atomic E-state index is 5.38. The molecule has 0 radical (unpaired) electrons. The highest BCUT2D eigenvalue weighted by atomic mass is 32.2. The van der Waals surface area contributed by atoms with Crippen molar-refractivity contribution in [2.75, 3.05) is 25.4 Å². The van der Waals surface area contributed by atoms with Gasteiger partial charge in [-0.25, -0.2) is 0 Å². The zero-order valence-corrected chi connectivity index (χ0v) is 7.20. The SMILES string of the molecule is NCCCSN1CCCC1. The van der Waals surface area contributed by atoms with Gasteiger partial charge in [0.25, 0.3) is 0 Å². The molecule has 0 amide bonds. The Kier molecular flexibility index (Phi) is 4.18. The highest BCUT2D eigenvalue weighted by molar-refractivity contribution is 7.97. The van der Waals surface area contributed by atoms with Crippen molar-refractivity contribution in [3.63, 3.8) is 0 Å². The van der Waals surface area contributed by atoms with E-state index < -0.39 is 0 Å². The molecule has 1 aliphatic heterocycles. The Balaban J connectivity index is 1.91. The lowest BCUT2D eigenvalue weighted by atomic mass is 10.4. The van der Waals surface area contributed by atoms with Gasteiger partial charge in [-0.2, -0.15) is 0 Å². The molecule has 0 saturated carbocycles. The fraction of sp³-hybridized carbons (Fsp3) is 1.00. The van der Waals surface area contributed by atoms with Crippen molar-refractivity contribution in [3.05, 3.63) is 0 Å². The predicted molar refractivity (Wildman–Crippen MR) is 46.9 cm³/mol. The van der Waals surface area contributed by atoms with E-state index >= 15 is 0 Å². The number of hydrogen-bond donors (Lipinski definition) is 1. The Morgan fingerprint density at radius 2 is 2.00 bits per heavy atom. The average Bonchev–Trinajstić information content (AvgIpc) is 2.41. The van der Waals surface area contributed by atoms with Gasteiger partial charge in [-0.05, 0) is 25.8 Å². The monoisotopic (exact) mass is 160 g/mol. The molecule has 1 saturated heterocycles. The summed E-state index contributed by atoms with van der Waals surface area (Å²) in [5, 5.41) is 0. The second-order valence-corrected chi connectivity index (χ2v) is 3.79. The van der Waals surface area contributed by atoms with Gasteiger partial charge >= 0.3 is 0 Å². The van der Waals surface area contributed by atoms with E-state index in [1.807, 2.05) is 11.9 Å². The first kappa shape index (κ1) is 8.37. The maximum absolute atomic E-state index is 5.38. The van der Waals surface area contributed by atoms with Crippen LogP contribution in [0.5, 0.6) is 0 Å². The van der Waals surface area contributed by atoms with E-state index in [0.717, 1.165) is 13.0 Å². The van der Waals surface area contributed by atoms with Crippen LogP contribution >= 0.6 is 11.9 Å². The predicted octanol–water partition coefficient (Wildman–Crippen LogP) is 1.08. The van der Waals surface area contributed by atoms with Gasteiger partial charge in [0, 0.05) is 18.8 Å². The Labute approximate surface area is 67.3 Å². The maximum Gasteiger partial charge on any atom is 0.00928 e. The Bertz CT molecular complexity index is 81.7. The third-order valence-electron chi connectivity index (χ3n) is 1.69. The van der Waals surface area contributed by atoms with E-state index in [-0.39, 0.29) is 0 Å². The van der Waals surface area contributed by atoms with Gasteiger partial charge in [-0.1, -0.05) is 11.9 Å². The van der Waals surface area contributed by atoms with E-state index in [1.54, 1.807) is 0 Å². The number of hydrogen-bond acceptors (Lipinski definition) is 3. The summed E-state index contributed by atoms with van der Waals surface area (Å²) in [4.78, 5) is 0. The van der Waals surface area contributed by atoms with Crippen molar-refractivity contribution in [1.82, 2.24) is 4.31 Å². The quantitative estimate of drug-likeness (QED) is 0.493. The summed E-state index contributed by atoms with van der Waals surface area (Å²) < 4.78 is 2.45. The minimum absolute atomic E-state index is 0.834. The van der Waals surface area contributed by atoms with Gasteiger partial charge in [0.05, 0.1) is 0 Å². The molecule has 0 atom stereocenters. The first-order valence-corrected chi connectivity index (χ1v) is 4.95. The summed E-state index contributed by atoms with van der Waals surface area (Å²) >= 11 is 1.96. The van der Waals surface area contributed by atoms with Gasteiger partial charge < -0.3 is 5.73 Å². The van der Waals surface area contributed by atoms with Gasteiger partial charge in [-0.3, -0.25) is 4.31 Å². The lowest BCUT2D eigenvalue weighted by molar-refractivity contribution is 0.585. The highest BCUT2D eigenvalue weighted by Crippen LogP contribution is 2.18. The Morgan fingerprint density at radius 1 is 1.30 bits per heavy atom. The second-order valence-electron chi connectivity index (χ2n) is 2.61. The molecule has 1 aliphatic rings.